The molecule has 0 amide bonds. The average Bonchev–Trinajstić information content (AvgIpc) is 3.00. The fourth-order valence-electron chi connectivity index (χ4n) is 4.32. The van der Waals surface area contributed by atoms with Crippen LogP contribution in [0.4, 0.5) is 15.9 Å². The topological polar surface area (TPSA) is 33.5 Å². The first-order valence-corrected chi connectivity index (χ1v) is 9.50. The number of halogens is 1. The molecule has 140 valence electrons. The highest BCUT2D eigenvalue weighted by atomic mass is 19.1. The number of hydrogen-bond donors (Lipinski definition) is 0. The normalized spacial score (nSPS) is 17.4. The van der Waals surface area contributed by atoms with Crippen LogP contribution >= 0.6 is 0 Å². The van der Waals surface area contributed by atoms with E-state index in [1.807, 2.05) is 12.3 Å². The number of ether oxygens (including phenoxy) is 1. The van der Waals surface area contributed by atoms with Gasteiger partial charge in [0.1, 0.15) is 11.6 Å². The molecule has 0 saturated carbocycles. The van der Waals surface area contributed by atoms with Crippen molar-refractivity contribution in [1.29, 1.82) is 0 Å². The molecule has 0 aliphatic carbocycles. The molecule has 5 nitrogen and oxygen atoms in total. The predicted molar refractivity (Wildman–Crippen MR) is 105 cm³/mol. The average molecular weight is 366 g/mol. The Hall–Kier alpha value is -2.60. The number of hydrogen-bond acceptors (Lipinski definition) is 4. The van der Waals surface area contributed by atoms with E-state index in [2.05, 4.69) is 33.5 Å². The summed E-state index contributed by atoms with van der Waals surface area (Å²) in [5, 5.41) is 1.02. The van der Waals surface area contributed by atoms with Crippen LogP contribution in [0.25, 0.3) is 10.9 Å². The van der Waals surface area contributed by atoms with E-state index < -0.39 is 0 Å². The van der Waals surface area contributed by atoms with Gasteiger partial charge in [-0.1, -0.05) is 0 Å². The van der Waals surface area contributed by atoms with Gasteiger partial charge in [0.2, 0.25) is 0 Å². The third-order valence-corrected chi connectivity index (χ3v) is 5.80. The smallest absolute Gasteiger partial charge is 0.128 e. The van der Waals surface area contributed by atoms with Crippen molar-refractivity contribution in [3.63, 3.8) is 0 Å². The second kappa shape index (κ2) is 6.53. The lowest BCUT2D eigenvalue weighted by Gasteiger charge is -2.31. The summed E-state index contributed by atoms with van der Waals surface area (Å²) >= 11 is 0. The number of aryl methyl sites for hydroxylation is 1. The summed E-state index contributed by atoms with van der Waals surface area (Å²) < 4.78 is 21.4. The summed E-state index contributed by atoms with van der Waals surface area (Å²) in [4.78, 5) is 9.31. The Bertz CT molecular complexity index is 976. The van der Waals surface area contributed by atoms with Gasteiger partial charge in [0.05, 0.1) is 25.1 Å². The van der Waals surface area contributed by atoms with E-state index in [0.29, 0.717) is 0 Å². The quantitative estimate of drug-likeness (QED) is 0.698. The Morgan fingerprint density at radius 2 is 1.89 bits per heavy atom. The first-order valence-electron chi connectivity index (χ1n) is 9.50. The molecule has 4 heterocycles. The number of aromatic nitrogens is 2. The second-order valence-corrected chi connectivity index (χ2v) is 7.29. The highest BCUT2D eigenvalue weighted by Gasteiger charge is 2.24. The molecule has 3 aromatic rings. The van der Waals surface area contributed by atoms with Crippen LogP contribution < -0.4 is 9.80 Å². The molecule has 5 rings (SSSR count). The lowest BCUT2D eigenvalue weighted by atomic mass is 10.0. The van der Waals surface area contributed by atoms with E-state index >= 15 is 0 Å². The fraction of sp³-hybridized carbons (Fsp3) is 0.381. The lowest BCUT2D eigenvalue weighted by molar-refractivity contribution is 0.122. The van der Waals surface area contributed by atoms with Crippen molar-refractivity contribution in [2.45, 2.75) is 13.0 Å². The molecule has 2 aliphatic heterocycles. The number of morpholine rings is 1. The zero-order valence-electron chi connectivity index (χ0n) is 15.5. The first-order chi connectivity index (χ1) is 13.2. The molecule has 0 atom stereocenters. The van der Waals surface area contributed by atoms with Crippen molar-refractivity contribution in [3.8, 4) is 0 Å². The van der Waals surface area contributed by atoms with Gasteiger partial charge >= 0.3 is 0 Å². The largest absolute Gasteiger partial charge is 0.378 e. The molecule has 0 spiro atoms. The standard InChI is InChI=1S/C21H23FN4O/c1-24-19-4-2-15(22)12-17(19)18-14-26(7-6-20(18)24)21-5-3-16(13-23-21)25-8-10-27-11-9-25/h2-5,12-13H,6-11,14H2,1H3. The molecule has 2 aromatic heterocycles. The van der Waals surface area contributed by atoms with Crippen LogP contribution in [0.2, 0.25) is 0 Å². The summed E-state index contributed by atoms with van der Waals surface area (Å²) in [7, 11) is 2.07. The van der Waals surface area contributed by atoms with E-state index in [1.165, 1.54) is 17.3 Å². The molecule has 6 heteroatoms. The number of fused-ring (bicyclic) bond motifs is 3. The van der Waals surface area contributed by atoms with Crippen molar-refractivity contribution in [2.24, 2.45) is 7.05 Å². The number of pyridine rings is 1. The van der Waals surface area contributed by atoms with E-state index in [1.54, 1.807) is 6.07 Å². The summed E-state index contributed by atoms with van der Waals surface area (Å²) in [6.07, 6.45) is 2.90. The molecule has 27 heavy (non-hydrogen) atoms. The minimum Gasteiger partial charge on any atom is -0.378 e. The number of rotatable bonds is 2. The molecule has 2 aliphatic rings. The molecule has 0 N–H and O–H groups in total. The van der Waals surface area contributed by atoms with Gasteiger partial charge < -0.3 is 19.1 Å². The summed E-state index contributed by atoms with van der Waals surface area (Å²) in [5.41, 5.74) is 4.76. The monoisotopic (exact) mass is 366 g/mol. The van der Waals surface area contributed by atoms with E-state index in [4.69, 9.17) is 9.72 Å². The van der Waals surface area contributed by atoms with Crippen molar-refractivity contribution < 1.29 is 9.13 Å². The fourth-order valence-corrected chi connectivity index (χ4v) is 4.32. The molecule has 1 aromatic carbocycles. The van der Waals surface area contributed by atoms with Crippen LogP contribution in [0.3, 0.4) is 0 Å². The first kappa shape index (κ1) is 16.6. The van der Waals surface area contributed by atoms with E-state index in [9.17, 15) is 4.39 Å². The number of nitrogens with zero attached hydrogens (tertiary/aromatic N) is 4. The van der Waals surface area contributed by atoms with Gasteiger partial charge in [-0.2, -0.15) is 0 Å². The Morgan fingerprint density at radius 3 is 2.67 bits per heavy atom. The van der Waals surface area contributed by atoms with Crippen molar-refractivity contribution in [1.82, 2.24) is 9.55 Å². The Kier molecular flexibility index (Phi) is 4.01. The van der Waals surface area contributed by atoms with Crippen LogP contribution in [0.1, 0.15) is 11.3 Å². The maximum Gasteiger partial charge on any atom is 0.128 e. The van der Waals surface area contributed by atoms with Gasteiger partial charge in [-0.15, -0.1) is 0 Å². The zero-order chi connectivity index (χ0) is 18.4. The van der Waals surface area contributed by atoms with E-state index in [0.717, 1.165) is 68.2 Å². The molecule has 1 saturated heterocycles. The van der Waals surface area contributed by atoms with Crippen LogP contribution in [-0.4, -0.2) is 42.4 Å². The third-order valence-electron chi connectivity index (χ3n) is 5.80. The number of anilines is 2. The van der Waals surface area contributed by atoms with Gasteiger partial charge in [-0.05, 0) is 30.3 Å². The minimum atomic E-state index is -0.180. The van der Waals surface area contributed by atoms with Gasteiger partial charge in [0, 0.05) is 61.8 Å². The van der Waals surface area contributed by atoms with Gasteiger partial charge in [-0.25, -0.2) is 9.37 Å². The summed E-state index contributed by atoms with van der Waals surface area (Å²) in [5.74, 6) is 0.798. The number of benzene rings is 1. The molecular weight excluding hydrogens is 343 g/mol. The van der Waals surface area contributed by atoms with Crippen molar-refractivity contribution >= 4 is 22.4 Å². The Morgan fingerprint density at radius 1 is 1.04 bits per heavy atom. The highest BCUT2D eigenvalue weighted by Crippen LogP contribution is 2.32. The third kappa shape index (κ3) is 2.84. The molecule has 0 radical (unpaired) electrons. The zero-order valence-corrected chi connectivity index (χ0v) is 15.5. The Labute approximate surface area is 158 Å². The van der Waals surface area contributed by atoms with Crippen molar-refractivity contribution in [3.05, 3.63) is 53.6 Å². The van der Waals surface area contributed by atoms with Gasteiger partial charge in [-0.3, -0.25) is 0 Å². The summed E-state index contributed by atoms with van der Waals surface area (Å²) in [6, 6.07) is 9.32. The molecule has 0 bridgehead atoms. The maximum absolute atomic E-state index is 13.8. The van der Waals surface area contributed by atoms with Crippen LogP contribution in [0.5, 0.6) is 0 Å². The highest BCUT2D eigenvalue weighted by molar-refractivity contribution is 5.86. The van der Waals surface area contributed by atoms with Crippen LogP contribution in [0.15, 0.2) is 36.5 Å². The van der Waals surface area contributed by atoms with E-state index in [-0.39, 0.29) is 5.82 Å². The van der Waals surface area contributed by atoms with Gasteiger partial charge in [0.15, 0.2) is 0 Å². The Balaban J connectivity index is 1.43. The lowest BCUT2D eigenvalue weighted by Crippen LogP contribution is -2.36. The van der Waals surface area contributed by atoms with Crippen LogP contribution in [0, 0.1) is 5.82 Å². The summed E-state index contributed by atoms with van der Waals surface area (Å²) in [6.45, 7) is 5.05. The minimum absolute atomic E-state index is 0.180. The SMILES string of the molecule is Cn1c2c(c3cc(F)ccc31)CN(c1ccc(N3CCOCC3)cn1)CC2. The molecule has 1 fully saturated rings. The van der Waals surface area contributed by atoms with Crippen molar-refractivity contribution in [2.75, 3.05) is 42.6 Å². The second-order valence-electron chi connectivity index (χ2n) is 7.29. The maximum atomic E-state index is 13.8. The molecular formula is C21H23FN4O. The van der Waals surface area contributed by atoms with Gasteiger partial charge in [0.25, 0.3) is 0 Å². The predicted octanol–water partition coefficient (Wildman–Crippen LogP) is 3.11. The van der Waals surface area contributed by atoms with Crippen LogP contribution in [-0.2, 0) is 24.8 Å². The molecule has 0 unspecified atom stereocenters.